The van der Waals surface area contributed by atoms with Crippen LogP contribution in [-0.2, 0) is 16.0 Å². The van der Waals surface area contributed by atoms with Crippen LogP contribution in [-0.4, -0.2) is 24.1 Å². The van der Waals surface area contributed by atoms with Crippen molar-refractivity contribution in [1.29, 1.82) is 0 Å². The molecule has 5 heteroatoms. The van der Waals surface area contributed by atoms with Crippen LogP contribution in [0.1, 0.15) is 42.6 Å². The SMILES string of the molecule is CC(C)CNC(=O)CCC(=O)c1ccc2c(c1)CC(=O)N2. The third kappa shape index (κ3) is 4.15. The molecule has 0 spiro atoms. The summed E-state index contributed by atoms with van der Waals surface area (Å²) < 4.78 is 0. The van der Waals surface area contributed by atoms with Gasteiger partial charge in [-0.1, -0.05) is 13.8 Å². The molecule has 0 unspecified atom stereocenters. The maximum Gasteiger partial charge on any atom is 0.228 e. The number of fused-ring (bicyclic) bond motifs is 1. The normalized spacial score (nSPS) is 13.0. The van der Waals surface area contributed by atoms with Gasteiger partial charge in [0.2, 0.25) is 11.8 Å². The summed E-state index contributed by atoms with van der Waals surface area (Å²) in [5, 5.41) is 5.52. The van der Waals surface area contributed by atoms with Gasteiger partial charge in [-0.3, -0.25) is 14.4 Å². The van der Waals surface area contributed by atoms with Gasteiger partial charge in [0.1, 0.15) is 0 Å². The van der Waals surface area contributed by atoms with E-state index in [4.69, 9.17) is 0 Å². The fourth-order valence-electron chi connectivity index (χ4n) is 2.18. The number of hydrogen-bond acceptors (Lipinski definition) is 3. The average molecular weight is 288 g/mol. The highest BCUT2D eigenvalue weighted by atomic mass is 16.2. The first-order valence-electron chi connectivity index (χ1n) is 7.18. The van der Waals surface area contributed by atoms with Crippen LogP contribution in [0.25, 0.3) is 0 Å². The van der Waals surface area contributed by atoms with E-state index in [0.29, 0.717) is 24.4 Å². The molecule has 0 radical (unpaired) electrons. The molecule has 1 aliphatic heterocycles. The van der Waals surface area contributed by atoms with Gasteiger partial charge in [-0.2, -0.15) is 0 Å². The van der Waals surface area contributed by atoms with Crippen molar-refractivity contribution in [2.45, 2.75) is 33.1 Å². The molecular weight excluding hydrogens is 268 g/mol. The summed E-state index contributed by atoms with van der Waals surface area (Å²) >= 11 is 0. The van der Waals surface area contributed by atoms with Crippen LogP contribution in [0.5, 0.6) is 0 Å². The second-order valence-corrected chi connectivity index (χ2v) is 5.72. The number of carbonyl (C=O) groups is 3. The summed E-state index contributed by atoms with van der Waals surface area (Å²) in [5.74, 6) is 0.168. The third-order valence-corrected chi connectivity index (χ3v) is 3.34. The van der Waals surface area contributed by atoms with E-state index in [0.717, 1.165) is 11.3 Å². The maximum atomic E-state index is 12.1. The van der Waals surface area contributed by atoms with Crippen LogP contribution >= 0.6 is 0 Å². The first-order chi connectivity index (χ1) is 9.95. The quantitative estimate of drug-likeness (QED) is 0.785. The van der Waals surface area contributed by atoms with E-state index in [-0.39, 0.29) is 30.4 Å². The van der Waals surface area contributed by atoms with Gasteiger partial charge in [-0.05, 0) is 29.7 Å². The number of benzene rings is 1. The molecule has 21 heavy (non-hydrogen) atoms. The predicted molar refractivity (Wildman–Crippen MR) is 80.2 cm³/mol. The van der Waals surface area contributed by atoms with E-state index in [2.05, 4.69) is 10.6 Å². The fraction of sp³-hybridized carbons (Fsp3) is 0.438. The standard InChI is InChI=1S/C16H20N2O3/c1-10(2)9-17-15(20)6-5-14(19)11-3-4-13-12(7-11)8-16(21)18-13/h3-4,7,10H,5-6,8-9H2,1-2H3,(H,17,20)(H,18,21). The summed E-state index contributed by atoms with van der Waals surface area (Å²) in [4.78, 5) is 35.0. The van der Waals surface area contributed by atoms with Crippen LogP contribution in [0, 0.1) is 5.92 Å². The molecule has 0 saturated carbocycles. The number of rotatable bonds is 6. The molecular formula is C16H20N2O3. The number of hydrogen-bond donors (Lipinski definition) is 2. The first-order valence-corrected chi connectivity index (χ1v) is 7.18. The summed E-state index contributed by atoms with van der Waals surface area (Å²) in [6.45, 7) is 4.66. The van der Waals surface area contributed by atoms with E-state index in [1.54, 1.807) is 18.2 Å². The van der Waals surface area contributed by atoms with Gasteiger partial charge in [-0.15, -0.1) is 0 Å². The van der Waals surface area contributed by atoms with Crippen LogP contribution < -0.4 is 10.6 Å². The molecule has 2 N–H and O–H groups in total. The van der Waals surface area contributed by atoms with Crippen LogP contribution in [0.3, 0.4) is 0 Å². The second kappa shape index (κ2) is 6.52. The van der Waals surface area contributed by atoms with Crippen molar-refractivity contribution in [2.24, 2.45) is 5.92 Å². The lowest BCUT2D eigenvalue weighted by Gasteiger charge is -2.07. The van der Waals surface area contributed by atoms with E-state index in [9.17, 15) is 14.4 Å². The van der Waals surface area contributed by atoms with Crippen molar-refractivity contribution in [3.8, 4) is 0 Å². The first kappa shape index (κ1) is 15.2. The van der Waals surface area contributed by atoms with E-state index in [1.807, 2.05) is 13.8 Å². The Labute approximate surface area is 124 Å². The maximum absolute atomic E-state index is 12.1. The zero-order chi connectivity index (χ0) is 15.4. The van der Waals surface area contributed by atoms with Crippen LogP contribution in [0.4, 0.5) is 5.69 Å². The van der Waals surface area contributed by atoms with Gasteiger partial charge in [0.05, 0.1) is 6.42 Å². The Morgan fingerprint density at radius 1 is 1.29 bits per heavy atom. The van der Waals surface area contributed by atoms with Crippen molar-refractivity contribution >= 4 is 23.3 Å². The molecule has 0 saturated heterocycles. The Hall–Kier alpha value is -2.17. The molecule has 0 fully saturated rings. The van der Waals surface area contributed by atoms with Gasteiger partial charge in [-0.25, -0.2) is 0 Å². The Bertz CT molecular complexity index is 579. The van der Waals surface area contributed by atoms with Crippen molar-refractivity contribution in [1.82, 2.24) is 5.32 Å². The molecule has 1 aromatic rings. The molecule has 1 aliphatic rings. The molecule has 5 nitrogen and oxygen atoms in total. The van der Waals surface area contributed by atoms with Gasteiger partial charge in [0.15, 0.2) is 5.78 Å². The third-order valence-electron chi connectivity index (χ3n) is 3.34. The highest BCUT2D eigenvalue weighted by Gasteiger charge is 2.19. The predicted octanol–water partition coefficient (Wildman–Crippen LogP) is 1.92. The van der Waals surface area contributed by atoms with Crippen LogP contribution in [0.2, 0.25) is 0 Å². The lowest BCUT2D eigenvalue weighted by Crippen LogP contribution is -2.27. The molecule has 2 amide bonds. The second-order valence-electron chi connectivity index (χ2n) is 5.72. The zero-order valence-corrected chi connectivity index (χ0v) is 12.4. The summed E-state index contributed by atoms with van der Waals surface area (Å²) in [6, 6.07) is 5.17. The Morgan fingerprint density at radius 2 is 2.05 bits per heavy atom. The Morgan fingerprint density at radius 3 is 2.76 bits per heavy atom. The lowest BCUT2D eigenvalue weighted by atomic mass is 10.0. The number of anilines is 1. The minimum Gasteiger partial charge on any atom is -0.356 e. The Kier molecular flexibility index (Phi) is 4.73. The number of ketones is 1. The van der Waals surface area contributed by atoms with Gasteiger partial charge in [0, 0.05) is 30.6 Å². The van der Waals surface area contributed by atoms with E-state index < -0.39 is 0 Å². The smallest absolute Gasteiger partial charge is 0.228 e. The monoisotopic (exact) mass is 288 g/mol. The van der Waals surface area contributed by atoms with Crippen molar-refractivity contribution in [3.63, 3.8) is 0 Å². The number of carbonyl (C=O) groups excluding carboxylic acids is 3. The number of nitrogens with one attached hydrogen (secondary N) is 2. The van der Waals surface area contributed by atoms with Gasteiger partial charge >= 0.3 is 0 Å². The number of Topliss-reactive ketones (excluding diaryl/α,β-unsaturated/α-hetero) is 1. The molecule has 0 bridgehead atoms. The molecule has 0 aromatic heterocycles. The molecule has 0 atom stereocenters. The highest BCUT2D eigenvalue weighted by Crippen LogP contribution is 2.24. The average Bonchev–Trinajstić information content (AvgIpc) is 2.81. The van der Waals surface area contributed by atoms with Gasteiger partial charge in [0.25, 0.3) is 0 Å². The Balaban J connectivity index is 1.88. The minimum atomic E-state index is -0.102. The van der Waals surface area contributed by atoms with Crippen LogP contribution in [0.15, 0.2) is 18.2 Å². The largest absolute Gasteiger partial charge is 0.356 e. The molecule has 112 valence electrons. The molecule has 1 aromatic carbocycles. The summed E-state index contributed by atoms with van der Waals surface area (Å²) in [5.41, 5.74) is 2.17. The summed E-state index contributed by atoms with van der Waals surface area (Å²) in [6.07, 6.45) is 0.690. The topological polar surface area (TPSA) is 75.3 Å². The van der Waals surface area contributed by atoms with E-state index in [1.165, 1.54) is 0 Å². The van der Waals surface area contributed by atoms with Crippen molar-refractivity contribution in [3.05, 3.63) is 29.3 Å². The summed E-state index contributed by atoms with van der Waals surface area (Å²) in [7, 11) is 0. The fourth-order valence-corrected chi connectivity index (χ4v) is 2.18. The molecule has 0 aliphatic carbocycles. The molecule has 1 heterocycles. The van der Waals surface area contributed by atoms with Crippen molar-refractivity contribution < 1.29 is 14.4 Å². The van der Waals surface area contributed by atoms with E-state index >= 15 is 0 Å². The minimum absolute atomic E-state index is 0.0531. The van der Waals surface area contributed by atoms with Crippen molar-refractivity contribution in [2.75, 3.05) is 11.9 Å². The lowest BCUT2D eigenvalue weighted by molar-refractivity contribution is -0.121. The van der Waals surface area contributed by atoms with Gasteiger partial charge < -0.3 is 10.6 Å². The zero-order valence-electron chi connectivity index (χ0n) is 12.4. The number of amides is 2. The highest BCUT2D eigenvalue weighted by molar-refractivity contribution is 6.02. The molecule has 2 rings (SSSR count).